The Morgan fingerprint density at radius 2 is 1.80 bits per heavy atom. The van der Waals surface area contributed by atoms with Gasteiger partial charge in [0, 0.05) is 0 Å². The van der Waals surface area contributed by atoms with E-state index in [9.17, 15) is 0 Å². The van der Waals surface area contributed by atoms with E-state index in [-0.39, 0.29) is 0 Å². The minimum atomic E-state index is 0.333. The Balaban J connectivity index is 0. The van der Waals surface area contributed by atoms with Crippen molar-refractivity contribution in [3.05, 3.63) is 12.7 Å². The van der Waals surface area contributed by atoms with Crippen LogP contribution < -0.4 is 0 Å². The van der Waals surface area contributed by atoms with E-state index in [1.54, 1.807) is 6.08 Å². The van der Waals surface area contributed by atoms with Crippen LogP contribution in [0.3, 0.4) is 0 Å². The second kappa shape index (κ2) is 29.2. The van der Waals surface area contributed by atoms with Crippen LogP contribution >= 0.6 is 0 Å². The summed E-state index contributed by atoms with van der Waals surface area (Å²) in [6, 6.07) is 0. The van der Waals surface area contributed by atoms with Crippen LogP contribution in [0.5, 0.6) is 0 Å². The fraction of sp³-hybridized carbons (Fsp3) is 0.333. The fourth-order valence-corrected chi connectivity index (χ4v) is 0. The van der Waals surface area contributed by atoms with E-state index in [1.807, 2.05) is 6.92 Å². The summed E-state index contributed by atoms with van der Waals surface area (Å²) in [5, 5.41) is 0. The summed E-state index contributed by atoms with van der Waals surface area (Å²) in [4.78, 5) is 0. The molecule has 2 heteroatoms. The molecular formula is C3H6OW. The molecule has 0 aromatic rings. The third kappa shape index (κ3) is 403. The van der Waals surface area contributed by atoms with Gasteiger partial charge in [-0.25, -0.2) is 0 Å². The Bertz CT molecular complexity index is 20.9. The van der Waals surface area contributed by atoms with E-state index in [0.717, 1.165) is 0 Å². The molecule has 0 unspecified atom stereocenters. The third-order valence-electron chi connectivity index (χ3n) is 0. The van der Waals surface area contributed by atoms with Crippen molar-refractivity contribution < 1.29 is 23.2 Å². The van der Waals surface area contributed by atoms with Gasteiger partial charge in [-0.2, -0.15) is 0 Å². The predicted molar refractivity (Wildman–Crippen MR) is 16.6 cm³/mol. The SMILES string of the molecule is C=CC.[O]=[W]. The Labute approximate surface area is 43.3 Å². The summed E-state index contributed by atoms with van der Waals surface area (Å²) in [5.74, 6) is 0. The van der Waals surface area contributed by atoms with Crippen molar-refractivity contribution in [2.45, 2.75) is 6.92 Å². The topological polar surface area (TPSA) is 17.1 Å². The van der Waals surface area contributed by atoms with Gasteiger partial charge < -0.3 is 0 Å². The van der Waals surface area contributed by atoms with Crippen LogP contribution in [0.2, 0.25) is 0 Å². The molecule has 0 aliphatic heterocycles. The average Bonchev–Trinajstić information content (AvgIpc) is 1.46. The van der Waals surface area contributed by atoms with Crippen molar-refractivity contribution in [1.29, 1.82) is 0 Å². The van der Waals surface area contributed by atoms with Gasteiger partial charge in [-0.3, -0.25) is 0 Å². The molecule has 0 atom stereocenters. The predicted octanol–water partition coefficient (Wildman–Crippen LogP) is 1.07. The zero-order valence-corrected chi connectivity index (χ0v) is 6.03. The van der Waals surface area contributed by atoms with Gasteiger partial charge in [-0.15, -0.1) is 6.58 Å². The van der Waals surface area contributed by atoms with E-state index in [4.69, 9.17) is 3.40 Å². The van der Waals surface area contributed by atoms with Crippen molar-refractivity contribution in [3.63, 3.8) is 0 Å². The molecule has 30 valence electrons. The Kier molecular flexibility index (Phi) is 52.4. The molecule has 0 saturated carbocycles. The zero-order chi connectivity index (χ0) is 4.71. The van der Waals surface area contributed by atoms with Crippen molar-refractivity contribution >= 4 is 0 Å². The molecule has 5 heavy (non-hydrogen) atoms. The Morgan fingerprint density at radius 3 is 1.80 bits per heavy atom. The van der Waals surface area contributed by atoms with Gasteiger partial charge in [0.25, 0.3) is 0 Å². The zero-order valence-electron chi connectivity index (χ0n) is 3.10. The number of rotatable bonds is 0. The average molecular weight is 242 g/mol. The van der Waals surface area contributed by atoms with E-state index in [0.29, 0.717) is 19.8 Å². The standard InChI is InChI=1S/C3H6.O.W/c1-3-2;;/h3H,1H2,2H3;;. The second-order valence-corrected chi connectivity index (χ2v) is 0.408. The van der Waals surface area contributed by atoms with Crippen molar-refractivity contribution in [3.8, 4) is 0 Å². The van der Waals surface area contributed by atoms with Crippen molar-refractivity contribution in [1.82, 2.24) is 0 Å². The van der Waals surface area contributed by atoms with Crippen molar-refractivity contribution in [2.24, 2.45) is 0 Å². The van der Waals surface area contributed by atoms with Crippen LogP contribution in [0.15, 0.2) is 12.7 Å². The molecule has 0 aliphatic rings. The molecule has 0 saturated heterocycles. The van der Waals surface area contributed by atoms with Gasteiger partial charge in [0.05, 0.1) is 0 Å². The van der Waals surface area contributed by atoms with E-state index < -0.39 is 0 Å². The molecule has 0 aromatic heterocycles. The van der Waals surface area contributed by atoms with Crippen LogP contribution in [0.1, 0.15) is 6.92 Å². The van der Waals surface area contributed by atoms with Gasteiger partial charge in [-0.1, -0.05) is 6.08 Å². The first-order valence-corrected chi connectivity index (χ1v) is 2.35. The Morgan fingerprint density at radius 1 is 1.80 bits per heavy atom. The summed E-state index contributed by atoms with van der Waals surface area (Å²) < 4.78 is 8.33. The quantitative estimate of drug-likeness (QED) is 0.580. The normalized spacial score (nSPS) is 3.40. The van der Waals surface area contributed by atoms with Gasteiger partial charge >= 0.3 is 23.2 Å². The van der Waals surface area contributed by atoms with Crippen LogP contribution in [0, 0.1) is 0 Å². The molecular weight excluding hydrogens is 236 g/mol. The Hall–Kier alpha value is 0.228. The summed E-state index contributed by atoms with van der Waals surface area (Å²) >= 11 is 0.333. The second-order valence-electron chi connectivity index (χ2n) is 0.408. The van der Waals surface area contributed by atoms with Gasteiger partial charge in [0.1, 0.15) is 0 Å². The molecule has 0 bridgehead atoms. The molecule has 1 nitrogen and oxygen atoms in total. The summed E-state index contributed by atoms with van der Waals surface area (Å²) in [7, 11) is 0. The van der Waals surface area contributed by atoms with Crippen molar-refractivity contribution in [2.75, 3.05) is 0 Å². The molecule has 0 aliphatic carbocycles. The molecule has 0 fully saturated rings. The van der Waals surface area contributed by atoms with Gasteiger partial charge in [0.15, 0.2) is 0 Å². The van der Waals surface area contributed by atoms with Crippen LogP contribution in [-0.2, 0) is 23.2 Å². The maximum atomic E-state index is 8.33. The summed E-state index contributed by atoms with van der Waals surface area (Å²) in [5.41, 5.74) is 0. The van der Waals surface area contributed by atoms with Crippen LogP contribution in [0.4, 0.5) is 0 Å². The van der Waals surface area contributed by atoms with E-state index in [1.165, 1.54) is 0 Å². The molecule has 0 amide bonds. The van der Waals surface area contributed by atoms with Crippen LogP contribution in [0.25, 0.3) is 0 Å². The van der Waals surface area contributed by atoms with Gasteiger partial charge in [0.2, 0.25) is 0 Å². The first kappa shape index (κ1) is 8.97. The van der Waals surface area contributed by atoms with Gasteiger partial charge in [-0.05, 0) is 6.92 Å². The molecule has 0 aromatic carbocycles. The minimum absolute atomic E-state index is 0.333. The number of allylic oxidation sites excluding steroid dienone is 1. The molecule has 0 rings (SSSR count). The first-order chi connectivity index (χ1) is 2.41. The van der Waals surface area contributed by atoms with Crippen LogP contribution in [-0.4, -0.2) is 0 Å². The first-order valence-electron chi connectivity index (χ1n) is 1.15. The molecule has 0 spiro atoms. The van der Waals surface area contributed by atoms with E-state index >= 15 is 0 Å². The monoisotopic (exact) mass is 242 g/mol. The number of hydrogen-bond donors (Lipinski definition) is 0. The van der Waals surface area contributed by atoms with E-state index in [2.05, 4.69) is 6.58 Å². The molecule has 0 heterocycles. The number of hydrogen-bond acceptors (Lipinski definition) is 1. The summed E-state index contributed by atoms with van der Waals surface area (Å²) in [6.45, 7) is 5.25. The summed E-state index contributed by atoms with van der Waals surface area (Å²) in [6.07, 6.45) is 1.75. The maximum absolute atomic E-state index is 8.33. The third-order valence-corrected chi connectivity index (χ3v) is 0. The fourth-order valence-electron chi connectivity index (χ4n) is 0. The molecule has 0 radical (unpaired) electrons. The molecule has 0 N–H and O–H groups in total.